The number of nitrogens with zero attached hydrogens (tertiary/aromatic N) is 3. The van der Waals surface area contributed by atoms with Gasteiger partial charge in [0.1, 0.15) is 18.1 Å². The summed E-state index contributed by atoms with van der Waals surface area (Å²) in [4.78, 5) is 13.9. The van der Waals surface area contributed by atoms with Gasteiger partial charge >= 0.3 is 0 Å². The average Bonchev–Trinajstić information content (AvgIpc) is 3.36. The molecule has 1 amide bonds. The maximum absolute atomic E-state index is 14.5. The Kier molecular flexibility index (Phi) is 5.77. The van der Waals surface area contributed by atoms with E-state index in [4.69, 9.17) is 10.5 Å². The number of fused-ring (bicyclic) bond motifs is 2. The molecule has 0 aliphatic carbocycles. The molecule has 0 radical (unpaired) electrons. The number of alkyl halides is 2. The number of carbonyl (C=O) groups is 1. The van der Waals surface area contributed by atoms with E-state index < -0.39 is 46.2 Å². The molecular weight excluding hydrogens is 472 g/mol. The fourth-order valence-electron chi connectivity index (χ4n) is 5.13. The number of benzene rings is 1. The number of aromatic nitrogens is 2. The molecule has 2 atom stereocenters. The number of rotatable bonds is 4. The lowest BCUT2D eigenvalue weighted by molar-refractivity contribution is -0.215. The summed E-state index contributed by atoms with van der Waals surface area (Å²) in [7, 11) is 0. The number of amides is 1. The first-order valence-corrected chi connectivity index (χ1v) is 11.9. The number of primary amides is 1. The molecule has 34 heavy (non-hydrogen) atoms. The molecule has 4 heterocycles. The normalized spacial score (nSPS) is 25.9. The number of likely N-dealkylation sites (tertiary alicyclic amines) is 1. The summed E-state index contributed by atoms with van der Waals surface area (Å²) < 4.78 is 64.1. The van der Waals surface area contributed by atoms with E-state index in [1.165, 1.54) is 22.9 Å². The summed E-state index contributed by atoms with van der Waals surface area (Å²) in [6, 6.07) is 4.10. The van der Waals surface area contributed by atoms with Gasteiger partial charge in [0, 0.05) is 31.4 Å². The summed E-state index contributed by atoms with van der Waals surface area (Å²) in [5, 5.41) is 3.18. The fourth-order valence-corrected chi connectivity index (χ4v) is 6.54. The molecule has 2 N–H and O–H groups in total. The number of nitrogens with two attached hydrogens (primary N) is 1. The molecule has 0 saturated carbocycles. The SMILES string of the molecule is Cc1nn(-c2c(F)cccc2C(N)=O)cc1CN1CCC2(CC1)OCC(F)(F)C1C=C(F)SC12. The third-order valence-electron chi connectivity index (χ3n) is 7.01. The van der Waals surface area contributed by atoms with Crippen molar-refractivity contribution < 1.29 is 27.1 Å². The van der Waals surface area contributed by atoms with Crippen LogP contribution in [-0.4, -0.2) is 57.1 Å². The molecule has 182 valence electrons. The van der Waals surface area contributed by atoms with Gasteiger partial charge in [-0.05, 0) is 38.0 Å². The first kappa shape index (κ1) is 23.4. The van der Waals surface area contributed by atoms with E-state index in [1.54, 1.807) is 13.1 Å². The topological polar surface area (TPSA) is 73.4 Å². The quantitative estimate of drug-likeness (QED) is 0.649. The van der Waals surface area contributed by atoms with Crippen LogP contribution in [-0.2, 0) is 11.3 Å². The Morgan fingerprint density at radius 1 is 1.29 bits per heavy atom. The third-order valence-corrected chi connectivity index (χ3v) is 8.35. The van der Waals surface area contributed by atoms with Crippen LogP contribution in [0.5, 0.6) is 0 Å². The van der Waals surface area contributed by atoms with Gasteiger partial charge in [-0.25, -0.2) is 17.9 Å². The van der Waals surface area contributed by atoms with Crippen molar-refractivity contribution in [3.05, 3.63) is 58.3 Å². The Balaban J connectivity index is 1.31. The van der Waals surface area contributed by atoms with Gasteiger partial charge in [0.25, 0.3) is 11.8 Å². The Bertz CT molecular complexity index is 1160. The zero-order valence-corrected chi connectivity index (χ0v) is 19.3. The monoisotopic (exact) mass is 496 g/mol. The highest BCUT2D eigenvalue weighted by molar-refractivity contribution is 8.03. The van der Waals surface area contributed by atoms with Gasteiger partial charge < -0.3 is 10.5 Å². The number of hydrogen-bond donors (Lipinski definition) is 1. The molecular formula is C23H24F4N4O2S. The van der Waals surface area contributed by atoms with Crippen molar-refractivity contribution in [1.82, 2.24) is 14.7 Å². The molecule has 2 unspecified atom stereocenters. The molecule has 2 aromatic rings. The highest BCUT2D eigenvalue weighted by Gasteiger charge is 2.60. The van der Waals surface area contributed by atoms with E-state index in [9.17, 15) is 22.4 Å². The second kappa shape index (κ2) is 8.39. The lowest BCUT2D eigenvalue weighted by Crippen LogP contribution is -2.61. The van der Waals surface area contributed by atoms with Crippen LogP contribution in [0.1, 0.15) is 34.5 Å². The summed E-state index contributed by atoms with van der Waals surface area (Å²) in [6.07, 6.45) is 3.73. The number of allylic oxidation sites excluding steroid dienone is 1. The molecule has 2 saturated heterocycles. The smallest absolute Gasteiger partial charge is 0.278 e. The number of ether oxygens (including phenoxy) is 1. The van der Waals surface area contributed by atoms with Crippen molar-refractivity contribution in [2.24, 2.45) is 11.7 Å². The summed E-state index contributed by atoms with van der Waals surface area (Å²) in [5.41, 5.74) is 6.15. The van der Waals surface area contributed by atoms with Crippen molar-refractivity contribution >= 4 is 17.7 Å². The van der Waals surface area contributed by atoms with Crippen molar-refractivity contribution in [2.75, 3.05) is 19.7 Å². The minimum absolute atomic E-state index is 0.00249. The summed E-state index contributed by atoms with van der Waals surface area (Å²) in [5.74, 6) is -5.59. The molecule has 0 bridgehead atoms. The van der Waals surface area contributed by atoms with E-state index >= 15 is 0 Å². The standard InChI is InChI=1S/C23H24F4N4O2S/c1-13-14(11-31(29-13)19-15(21(28)32)3-2-4-17(19)24)10-30-7-5-22(6-8-30)20-16(9-18(25)34-20)23(26,27)12-33-22/h2-4,9,11,16,20H,5-8,10,12H2,1H3,(H2,28,32). The molecule has 1 spiro atoms. The first-order chi connectivity index (χ1) is 16.1. The lowest BCUT2D eigenvalue weighted by atomic mass is 9.77. The Morgan fingerprint density at radius 3 is 2.74 bits per heavy atom. The zero-order valence-electron chi connectivity index (χ0n) is 18.4. The van der Waals surface area contributed by atoms with Gasteiger partial charge in [0.05, 0.1) is 28.0 Å². The minimum atomic E-state index is -3.07. The second-order valence-electron chi connectivity index (χ2n) is 9.11. The molecule has 3 aliphatic rings. The molecule has 5 rings (SSSR count). The van der Waals surface area contributed by atoms with E-state index in [0.717, 1.165) is 23.4 Å². The number of para-hydroxylation sites is 1. The second-order valence-corrected chi connectivity index (χ2v) is 10.2. The number of halogens is 4. The van der Waals surface area contributed by atoms with Gasteiger partial charge in [-0.3, -0.25) is 9.69 Å². The molecule has 11 heteroatoms. The van der Waals surface area contributed by atoms with Crippen LogP contribution in [0.2, 0.25) is 0 Å². The van der Waals surface area contributed by atoms with Crippen LogP contribution in [0.4, 0.5) is 17.6 Å². The number of thioether (sulfide) groups is 1. The minimum Gasteiger partial charge on any atom is -0.367 e. The van der Waals surface area contributed by atoms with Crippen molar-refractivity contribution in [3.8, 4) is 5.69 Å². The highest BCUT2D eigenvalue weighted by atomic mass is 32.2. The molecule has 3 aliphatic heterocycles. The average molecular weight is 497 g/mol. The van der Waals surface area contributed by atoms with Crippen molar-refractivity contribution in [1.29, 1.82) is 0 Å². The van der Waals surface area contributed by atoms with Crippen molar-refractivity contribution in [2.45, 2.75) is 43.1 Å². The van der Waals surface area contributed by atoms with Gasteiger partial charge in [-0.2, -0.15) is 9.49 Å². The maximum atomic E-state index is 14.5. The number of carbonyl (C=O) groups excluding carboxylic acids is 1. The largest absolute Gasteiger partial charge is 0.367 e. The number of piperidine rings is 1. The number of hydrogen-bond acceptors (Lipinski definition) is 5. The lowest BCUT2D eigenvalue weighted by Gasteiger charge is -2.51. The van der Waals surface area contributed by atoms with E-state index in [2.05, 4.69) is 10.00 Å². The van der Waals surface area contributed by atoms with Crippen LogP contribution in [0.15, 0.2) is 35.6 Å². The summed E-state index contributed by atoms with van der Waals surface area (Å²) >= 11 is 0.855. The fraction of sp³-hybridized carbons (Fsp3) is 0.478. The van der Waals surface area contributed by atoms with Gasteiger partial charge in [0.2, 0.25) is 0 Å². The predicted octanol–water partition coefficient (Wildman–Crippen LogP) is 3.96. The number of aryl methyl sites for hydroxylation is 1. The van der Waals surface area contributed by atoms with Crippen LogP contribution < -0.4 is 5.73 Å². The highest BCUT2D eigenvalue weighted by Crippen LogP contribution is 2.55. The molecule has 1 aromatic carbocycles. The van der Waals surface area contributed by atoms with Crippen LogP contribution in [0.25, 0.3) is 5.69 Å². The van der Waals surface area contributed by atoms with E-state index in [1.807, 2.05) is 0 Å². The molecule has 1 aromatic heterocycles. The Morgan fingerprint density at radius 2 is 2.03 bits per heavy atom. The molecule has 6 nitrogen and oxygen atoms in total. The Hall–Kier alpha value is -2.37. The van der Waals surface area contributed by atoms with Gasteiger partial charge in [0.15, 0.2) is 5.16 Å². The zero-order chi connectivity index (χ0) is 24.3. The van der Waals surface area contributed by atoms with Gasteiger partial charge in [-0.1, -0.05) is 17.8 Å². The van der Waals surface area contributed by atoms with E-state index in [-0.39, 0.29) is 11.3 Å². The van der Waals surface area contributed by atoms with Crippen molar-refractivity contribution in [3.63, 3.8) is 0 Å². The first-order valence-electron chi connectivity index (χ1n) is 11.0. The van der Waals surface area contributed by atoms with Crippen LogP contribution >= 0.6 is 11.8 Å². The third kappa shape index (κ3) is 3.93. The van der Waals surface area contributed by atoms with E-state index in [0.29, 0.717) is 38.2 Å². The predicted molar refractivity (Wildman–Crippen MR) is 119 cm³/mol. The molecule has 2 fully saturated rings. The summed E-state index contributed by atoms with van der Waals surface area (Å²) in [6.45, 7) is 2.76. The Labute approximate surface area is 198 Å². The maximum Gasteiger partial charge on any atom is 0.278 e. The van der Waals surface area contributed by atoms with Crippen LogP contribution in [0.3, 0.4) is 0 Å². The van der Waals surface area contributed by atoms with Gasteiger partial charge in [-0.15, -0.1) is 0 Å². The van der Waals surface area contributed by atoms with Crippen LogP contribution in [0, 0.1) is 18.7 Å².